The summed E-state index contributed by atoms with van der Waals surface area (Å²) in [5, 5.41) is 12.6. The number of piperidine rings is 1. The molecular weight excluding hydrogens is 397 g/mol. The van der Waals surface area contributed by atoms with Gasteiger partial charge >= 0.3 is 0 Å². The van der Waals surface area contributed by atoms with E-state index >= 15 is 0 Å². The van der Waals surface area contributed by atoms with Gasteiger partial charge in [0, 0.05) is 37.3 Å². The van der Waals surface area contributed by atoms with Gasteiger partial charge in [0.25, 0.3) is 0 Å². The maximum Gasteiger partial charge on any atom is 0.230 e. The number of halogens is 1. The molecule has 2 heterocycles. The maximum absolute atomic E-state index is 15.0. The first kappa shape index (κ1) is 20.7. The van der Waals surface area contributed by atoms with Crippen LogP contribution in [-0.4, -0.2) is 53.6 Å². The summed E-state index contributed by atoms with van der Waals surface area (Å²) >= 11 is 0. The Labute approximate surface area is 182 Å². The average Bonchev–Trinajstić information content (AvgIpc) is 3.56. The van der Waals surface area contributed by atoms with E-state index in [0.717, 1.165) is 70.9 Å². The third-order valence-electron chi connectivity index (χ3n) is 7.73. The van der Waals surface area contributed by atoms with Crippen LogP contribution in [0.3, 0.4) is 0 Å². The largest absolute Gasteiger partial charge is 0.393 e. The maximum atomic E-state index is 15.0. The van der Waals surface area contributed by atoms with Crippen LogP contribution in [0.4, 0.5) is 15.8 Å². The molecule has 5 rings (SSSR count). The molecule has 2 saturated heterocycles. The van der Waals surface area contributed by atoms with Gasteiger partial charge in [0.15, 0.2) is 0 Å². The van der Waals surface area contributed by atoms with Crippen molar-refractivity contribution in [1.29, 1.82) is 0 Å². The van der Waals surface area contributed by atoms with Gasteiger partial charge in [-0.15, -0.1) is 0 Å². The highest BCUT2D eigenvalue weighted by Gasteiger charge is 2.50. The standard InChI is InChI=1S/C24H32FN3O3/c25-20-14-17(26-22(30)16-2-3-16)4-9-21(20)27-12-1-10-24(15-27)11-13-28(23(24)31)18-5-7-19(29)8-6-18/h4,9,14,16,18-19,29H,1-3,5-8,10-13,15H2,(H,26,30)/t18?,19?,24-/m0/s1. The molecule has 2 N–H and O–H groups in total. The number of rotatable bonds is 4. The topological polar surface area (TPSA) is 72.9 Å². The molecule has 31 heavy (non-hydrogen) atoms. The van der Waals surface area contributed by atoms with E-state index in [9.17, 15) is 19.1 Å². The third-order valence-corrected chi connectivity index (χ3v) is 7.73. The summed E-state index contributed by atoms with van der Waals surface area (Å²) < 4.78 is 15.0. The Morgan fingerprint density at radius 1 is 1.10 bits per heavy atom. The van der Waals surface area contributed by atoms with Gasteiger partial charge in [-0.05, 0) is 76.0 Å². The van der Waals surface area contributed by atoms with E-state index in [-0.39, 0.29) is 35.7 Å². The molecule has 2 saturated carbocycles. The van der Waals surface area contributed by atoms with Crippen LogP contribution < -0.4 is 10.2 Å². The summed E-state index contributed by atoms with van der Waals surface area (Å²) in [6.07, 6.45) is 7.40. The van der Waals surface area contributed by atoms with Gasteiger partial charge in [0.1, 0.15) is 5.82 Å². The quantitative estimate of drug-likeness (QED) is 0.770. The highest BCUT2D eigenvalue weighted by Crippen LogP contribution is 2.44. The average molecular weight is 430 g/mol. The van der Waals surface area contributed by atoms with Crippen molar-refractivity contribution in [3.8, 4) is 0 Å². The van der Waals surface area contributed by atoms with Crippen LogP contribution in [0.2, 0.25) is 0 Å². The molecule has 0 radical (unpaired) electrons. The molecule has 0 unspecified atom stereocenters. The Morgan fingerprint density at radius 3 is 2.58 bits per heavy atom. The molecule has 1 aromatic rings. The molecular formula is C24H32FN3O3. The number of amides is 2. The lowest BCUT2D eigenvalue weighted by Crippen LogP contribution is -2.50. The number of anilines is 2. The zero-order chi connectivity index (χ0) is 21.6. The summed E-state index contributed by atoms with van der Waals surface area (Å²) in [4.78, 5) is 29.5. The minimum Gasteiger partial charge on any atom is -0.393 e. The van der Waals surface area contributed by atoms with Crippen LogP contribution in [0.15, 0.2) is 18.2 Å². The van der Waals surface area contributed by atoms with E-state index in [4.69, 9.17) is 0 Å². The van der Waals surface area contributed by atoms with E-state index in [0.29, 0.717) is 17.9 Å². The van der Waals surface area contributed by atoms with Crippen LogP contribution in [0.1, 0.15) is 57.8 Å². The lowest BCUT2D eigenvalue weighted by atomic mass is 9.78. The molecule has 7 heteroatoms. The SMILES string of the molecule is O=C(Nc1ccc(N2CCC[C@]3(CCN(C4CCC(O)CC4)C3=O)C2)c(F)c1)C1CC1. The van der Waals surface area contributed by atoms with Crippen molar-refractivity contribution in [1.82, 2.24) is 4.90 Å². The minimum absolute atomic E-state index is 0.0315. The normalized spacial score (nSPS) is 31.4. The van der Waals surface area contributed by atoms with Crippen LogP contribution >= 0.6 is 0 Å². The van der Waals surface area contributed by atoms with Crippen molar-refractivity contribution in [2.75, 3.05) is 29.9 Å². The molecule has 4 aliphatic rings. The fourth-order valence-electron chi connectivity index (χ4n) is 5.71. The summed E-state index contributed by atoms with van der Waals surface area (Å²) in [6, 6.07) is 5.12. The van der Waals surface area contributed by atoms with E-state index in [1.54, 1.807) is 12.1 Å². The second-order valence-corrected chi connectivity index (χ2v) is 9.95. The number of hydrogen-bond acceptors (Lipinski definition) is 4. The predicted molar refractivity (Wildman–Crippen MR) is 116 cm³/mol. The van der Waals surface area contributed by atoms with Gasteiger partial charge in [-0.3, -0.25) is 9.59 Å². The van der Waals surface area contributed by atoms with Gasteiger partial charge in [-0.2, -0.15) is 0 Å². The molecule has 1 atom stereocenters. The summed E-state index contributed by atoms with van der Waals surface area (Å²) in [7, 11) is 0. The molecule has 2 amide bonds. The Hall–Kier alpha value is -2.15. The zero-order valence-electron chi connectivity index (χ0n) is 18.0. The molecule has 1 spiro atoms. The number of carbonyl (C=O) groups is 2. The monoisotopic (exact) mass is 429 g/mol. The van der Waals surface area contributed by atoms with Gasteiger partial charge in [0.05, 0.1) is 17.2 Å². The number of nitrogens with zero attached hydrogens (tertiary/aromatic N) is 2. The van der Waals surface area contributed by atoms with Crippen LogP contribution in [0.5, 0.6) is 0 Å². The smallest absolute Gasteiger partial charge is 0.230 e. The van der Waals surface area contributed by atoms with Crippen LogP contribution in [0.25, 0.3) is 0 Å². The molecule has 0 aromatic heterocycles. The fraction of sp³-hybridized carbons (Fsp3) is 0.667. The number of aliphatic hydroxyl groups excluding tert-OH is 1. The Balaban J connectivity index is 1.28. The van der Waals surface area contributed by atoms with Crippen LogP contribution in [0, 0.1) is 17.2 Å². The highest BCUT2D eigenvalue weighted by molar-refractivity contribution is 5.94. The second-order valence-electron chi connectivity index (χ2n) is 9.95. The van der Waals surface area contributed by atoms with Gasteiger partial charge in [0.2, 0.25) is 11.8 Å². The number of likely N-dealkylation sites (tertiary alicyclic amines) is 1. The summed E-state index contributed by atoms with van der Waals surface area (Å²) in [5.74, 6) is -0.0917. The summed E-state index contributed by atoms with van der Waals surface area (Å²) in [5.41, 5.74) is 0.572. The third kappa shape index (κ3) is 4.04. The van der Waals surface area contributed by atoms with Crippen LogP contribution in [-0.2, 0) is 9.59 Å². The van der Waals surface area contributed by atoms with Gasteiger partial charge in [-0.1, -0.05) is 0 Å². The molecule has 168 valence electrons. The predicted octanol–water partition coefficient (Wildman–Crippen LogP) is 3.30. The first-order valence-electron chi connectivity index (χ1n) is 11.8. The highest BCUT2D eigenvalue weighted by atomic mass is 19.1. The Bertz CT molecular complexity index is 866. The zero-order valence-corrected chi connectivity index (χ0v) is 18.0. The van der Waals surface area contributed by atoms with Crippen molar-refractivity contribution in [3.05, 3.63) is 24.0 Å². The fourth-order valence-corrected chi connectivity index (χ4v) is 5.71. The lowest BCUT2D eigenvalue weighted by Gasteiger charge is -2.41. The number of hydrogen-bond donors (Lipinski definition) is 2. The lowest BCUT2D eigenvalue weighted by molar-refractivity contribution is -0.139. The van der Waals surface area contributed by atoms with Crippen molar-refractivity contribution in [3.63, 3.8) is 0 Å². The van der Waals surface area contributed by atoms with Gasteiger partial charge in [-0.25, -0.2) is 4.39 Å². The van der Waals surface area contributed by atoms with Crippen molar-refractivity contribution in [2.45, 2.75) is 69.9 Å². The summed E-state index contributed by atoms with van der Waals surface area (Å²) in [6.45, 7) is 2.04. The Kier molecular flexibility index (Phi) is 5.40. The first-order chi connectivity index (χ1) is 14.9. The number of carbonyl (C=O) groups excluding carboxylic acids is 2. The molecule has 6 nitrogen and oxygen atoms in total. The van der Waals surface area contributed by atoms with E-state index in [1.807, 2.05) is 9.80 Å². The Morgan fingerprint density at radius 2 is 1.87 bits per heavy atom. The molecule has 0 bridgehead atoms. The minimum atomic E-state index is -0.431. The second kappa shape index (κ2) is 8.08. The van der Waals surface area contributed by atoms with E-state index < -0.39 is 5.41 Å². The number of aliphatic hydroxyl groups is 1. The van der Waals surface area contributed by atoms with E-state index in [1.165, 1.54) is 6.07 Å². The molecule has 4 fully saturated rings. The van der Waals surface area contributed by atoms with Crippen molar-refractivity contribution in [2.24, 2.45) is 11.3 Å². The molecule has 1 aromatic carbocycles. The molecule has 2 aliphatic carbocycles. The van der Waals surface area contributed by atoms with Crippen molar-refractivity contribution >= 4 is 23.2 Å². The number of benzene rings is 1. The first-order valence-corrected chi connectivity index (χ1v) is 11.8. The van der Waals surface area contributed by atoms with Crippen molar-refractivity contribution < 1.29 is 19.1 Å². The molecule has 2 aliphatic heterocycles. The van der Waals surface area contributed by atoms with E-state index in [2.05, 4.69) is 5.32 Å². The number of nitrogens with one attached hydrogen (secondary N) is 1. The van der Waals surface area contributed by atoms with Gasteiger partial charge < -0.3 is 20.2 Å².